The molecule has 4 nitrogen and oxygen atoms in total. The largest absolute Gasteiger partial charge is 0.346 e. The van der Waals surface area contributed by atoms with Gasteiger partial charge in [-0.1, -0.05) is 6.07 Å². The van der Waals surface area contributed by atoms with Crippen LogP contribution in [0.2, 0.25) is 0 Å². The lowest BCUT2D eigenvalue weighted by molar-refractivity contribution is 0.0928. The van der Waals surface area contributed by atoms with Gasteiger partial charge in [0.05, 0.1) is 0 Å². The number of hydrogen-bond acceptors (Lipinski definition) is 3. The van der Waals surface area contributed by atoms with Gasteiger partial charge in [0, 0.05) is 18.8 Å². The molecule has 0 spiro atoms. The Hall–Kier alpha value is -1.42. The Balaban J connectivity index is 2.04. The van der Waals surface area contributed by atoms with E-state index in [-0.39, 0.29) is 11.9 Å². The molecular weight excluding hydrogens is 202 g/mol. The summed E-state index contributed by atoms with van der Waals surface area (Å²) in [5.41, 5.74) is 7.04. The molecule has 1 atom stereocenters. The summed E-state index contributed by atoms with van der Waals surface area (Å²) in [4.78, 5) is 16.0. The number of carbonyl (C=O) groups is 1. The molecule has 1 aliphatic rings. The van der Waals surface area contributed by atoms with Gasteiger partial charge in [0.1, 0.15) is 5.69 Å². The van der Waals surface area contributed by atoms with Gasteiger partial charge >= 0.3 is 0 Å². The van der Waals surface area contributed by atoms with Crippen molar-refractivity contribution in [1.29, 1.82) is 0 Å². The fourth-order valence-electron chi connectivity index (χ4n) is 1.83. The van der Waals surface area contributed by atoms with Gasteiger partial charge in [0.15, 0.2) is 0 Å². The number of hydrogen-bond donors (Lipinski definition) is 2. The molecule has 1 unspecified atom stereocenters. The van der Waals surface area contributed by atoms with Crippen molar-refractivity contribution < 1.29 is 4.79 Å². The molecule has 1 saturated carbocycles. The highest BCUT2D eigenvalue weighted by atomic mass is 16.1. The molecular formula is C12H17N3O. The van der Waals surface area contributed by atoms with Crippen LogP contribution >= 0.6 is 0 Å². The van der Waals surface area contributed by atoms with Crippen LogP contribution in [-0.2, 0) is 0 Å². The summed E-state index contributed by atoms with van der Waals surface area (Å²) in [6, 6.07) is 3.82. The highest BCUT2D eigenvalue weighted by Gasteiger charge is 2.31. The third kappa shape index (κ3) is 2.39. The lowest BCUT2D eigenvalue weighted by Crippen LogP contribution is -2.42. The number of carbonyl (C=O) groups excluding carboxylic acids is 1. The minimum absolute atomic E-state index is 0.105. The molecule has 0 saturated heterocycles. The van der Waals surface area contributed by atoms with Gasteiger partial charge in [0.2, 0.25) is 0 Å². The molecule has 4 heteroatoms. The monoisotopic (exact) mass is 219 g/mol. The summed E-state index contributed by atoms with van der Waals surface area (Å²) in [5.74, 6) is 0.457. The van der Waals surface area contributed by atoms with Crippen molar-refractivity contribution >= 4 is 5.91 Å². The number of rotatable bonds is 4. The van der Waals surface area contributed by atoms with Crippen molar-refractivity contribution in [2.45, 2.75) is 25.8 Å². The van der Waals surface area contributed by atoms with E-state index in [9.17, 15) is 4.79 Å². The Kier molecular flexibility index (Phi) is 3.19. The second-order valence-corrected chi connectivity index (χ2v) is 4.32. The van der Waals surface area contributed by atoms with Crippen molar-refractivity contribution in [1.82, 2.24) is 10.3 Å². The number of pyridine rings is 1. The molecule has 0 aliphatic heterocycles. The molecule has 0 radical (unpaired) electrons. The van der Waals surface area contributed by atoms with Gasteiger partial charge < -0.3 is 11.1 Å². The number of nitrogens with one attached hydrogen (secondary N) is 1. The lowest BCUT2D eigenvalue weighted by Gasteiger charge is -2.16. The van der Waals surface area contributed by atoms with E-state index < -0.39 is 0 Å². The number of amides is 1. The first-order chi connectivity index (χ1) is 7.72. The van der Waals surface area contributed by atoms with Crippen LogP contribution in [0.15, 0.2) is 18.3 Å². The van der Waals surface area contributed by atoms with E-state index in [0.29, 0.717) is 18.2 Å². The Morgan fingerprint density at radius 2 is 2.44 bits per heavy atom. The molecule has 1 aromatic rings. The van der Waals surface area contributed by atoms with Crippen LogP contribution in [0.4, 0.5) is 0 Å². The third-order valence-electron chi connectivity index (χ3n) is 2.99. The zero-order valence-corrected chi connectivity index (χ0v) is 9.44. The standard InChI is InChI=1S/C12H17N3O/c1-8-3-2-6-14-11(8)12(16)15-10(7-13)9-4-5-9/h2-3,6,9-10H,4-5,7,13H2,1H3,(H,15,16). The number of aromatic nitrogens is 1. The van der Waals surface area contributed by atoms with Gasteiger partial charge in [-0.2, -0.15) is 0 Å². The van der Waals surface area contributed by atoms with E-state index >= 15 is 0 Å². The molecule has 1 fully saturated rings. The maximum absolute atomic E-state index is 11.9. The van der Waals surface area contributed by atoms with Crippen LogP contribution < -0.4 is 11.1 Å². The van der Waals surface area contributed by atoms with Crippen molar-refractivity contribution in [3.8, 4) is 0 Å². The Morgan fingerprint density at radius 3 is 3.00 bits per heavy atom. The molecule has 1 aliphatic carbocycles. The quantitative estimate of drug-likeness (QED) is 0.789. The summed E-state index contributed by atoms with van der Waals surface area (Å²) in [6.45, 7) is 2.39. The van der Waals surface area contributed by atoms with Crippen LogP contribution in [0.5, 0.6) is 0 Å². The molecule has 3 N–H and O–H groups in total. The lowest BCUT2D eigenvalue weighted by atomic mass is 10.1. The Bertz CT molecular complexity index is 388. The summed E-state index contributed by atoms with van der Waals surface area (Å²) in [5, 5.41) is 2.96. The first kappa shape index (κ1) is 11.1. The second-order valence-electron chi connectivity index (χ2n) is 4.32. The topological polar surface area (TPSA) is 68.0 Å². The fourth-order valence-corrected chi connectivity index (χ4v) is 1.83. The van der Waals surface area contributed by atoms with Crippen LogP contribution in [0.3, 0.4) is 0 Å². The average molecular weight is 219 g/mol. The SMILES string of the molecule is Cc1cccnc1C(=O)NC(CN)C1CC1. The zero-order valence-electron chi connectivity index (χ0n) is 9.44. The minimum atomic E-state index is -0.111. The highest BCUT2D eigenvalue weighted by molar-refractivity contribution is 5.93. The van der Waals surface area contributed by atoms with E-state index in [4.69, 9.17) is 5.73 Å². The van der Waals surface area contributed by atoms with Crippen LogP contribution in [0, 0.1) is 12.8 Å². The summed E-state index contributed by atoms with van der Waals surface area (Å²) in [7, 11) is 0. The van der Waals surface area contributed by atoms with Gasteiger partial charge in [-0.3, -0.25) is 9.78 Å². The van der Waals surface area contributed by atoms with E-state index in [1.165, 1.54) is 12.8 Å². The maximum Gasteiger partial charge on any atom is 0.270 e. The molecule has 16 heavy (non-hydrogen) atoms. The van der Waals surface area contributed by atoms with Crippen molar-refractivity contribution in [3.63, 3.8) is 0 Å². The molecule has 86 valence electrons. The van der Waals surface area contributed by atoms with Crippen molar-refractivity contribution in [2.24, 2.45) is 11.7 Å². The van der Waals surface area contributed by atoms with Crippen LogP contribution in [-0.4, -0.2) is 23.5 Å². The molecule has 1 aromatic heterocycles. The normalized spacial score (nSPS) is 16.9. The molecule has 1 amide bonds. The molecule has 2 rings (SSSR count). The average Bonchev–Trinajstić information content (AvgIpc) is 3.10. The number of nitrogens with two attached hydrogens (primary N) is 1. The smallest absolute Gasteiger partial charge is 0.270 e. The predicted octanol–water partition coefficient (Wildman–Crippen LogP) is 0.857. The zero-order chi connectivity index (χ0) is 11.5. The van der Waals surface area contributed by atoms with E-state index in [0.717, 1.165) is 5.56 Å². The maximum atomic E-state index is 11.9. The van der Waals surface area contributed by atoms with Gasteiger partial charge in [-0.25, -0.2) is 0 Å². The number of nitrogens with zero attached hydrogens (tertiary/aromatic N) is 1. The Labute approximate surface area is 95.3 Å². The Morgan fingerprint density at radius 1 is 1.69 bits per heavy atom. The van der Waals surface area contributed by atoms with E-state index in [2.05, 4.69) is 10.3 Å². The summed E-state index contributed by atoms with van der Waals surface area (Å²) >= 11 is 0. The van der Waals surface area contributed by atoms with Gasteiger partial charge in [-0.05, 0) is 37.3 Å². The predicted molar refractivity (Wildman–Crippen MR) is 62.0 cm³/mol. The minimum Gasteiger partial charge on any atom is -0.346 e. The van der Waals surface area contributed by atoms with Crippen LogP contribution in [0.1, 0.15) is 28.9 Å². The summed E-state index contributed by atoms with van der Waals surface area (Å²) in [6.07, 6.45) is 3.98. The second kappa shape index (κ2) is 4.61. The first-order valence-corrected chi connectivity index (χ1v) is 5.65. The molecule has 0 bridgehead atoms. The van der Waals surface area contributed by atoms with Crippen LogP contribution in [0.25, 0.3) is 0 Å². The fraction of sp³-hybridized carbons (Fsp3) is 0.500. The molecule has 0 aromatic carbocycles. The first-order valence-electron chi connectivity index (χ1n) is 5.65. The van der Waals surface area contributed by atoms with Gasteiger partial charge in [0.25, 0.3) is 5.91 Å². The van der Waals surface area contributed by atoms with Gasteiger partial charge in [-0.15, -0.1) is 0 Å². The third-order valence-corrected chi connectivity index (χ3v) is 2.99. The van der Waals surface area contributed by atoms with Crippen molar-refractivity contribution in [2.75, 3.05) is 6.54 Å². The summed E-state index contributed by atoms with van der Waals surface area (Å²) < 4.78 is 0. The molecule has 1 heterocycles. The van der Waals surface area contributed by atoms with E-state index in [1.807, 2.05) is 19.1 Å². The van der Waals surface area contributed by atoms with Crippen molar-refractivity contribution in [3.05, 3.63) is 29.6 Å². The highest BCUT2D eigenvalue weighted by Crippen LogP contribution is 2.32. The van der Waals surface area contributed by atoms with E-state index in [1.54, 1.807) is 6.20 Å². The number of aryl methyl sites for hydroxylation is 1.